The molecule has 0 bridgehead atoms. The second-order valence-electron chi connectivity index (χ2n) is 1.99. The molecule has 0 radical (unpaired) electrons. The second-order valence-corrected chi connectivity index (χ2v) is 1.99. The average molecular weight is 150 g/mol. The lowest BCUT2D eigenvalue weighted by Gasteiger charge is -2.00. The summed E-state index contributed by atoms with van der Waals surface area (Å²) in [6.07, 6.45) is 5.10. The summed E-state index contributed by atoms with van der Waals surface area (Å²) in [6.45, 7) is 0. The van der Waals surface area contributed by atoms with Crippen molar-refractivity contribution in [1.82, 2.24) is 0 Å². The first-order valence-corrected chi connectivity index (χ1v) is 3.08. The maximum atomic E-state index is 12.7. The lowest BCUT2D eigenvalue weighted by atomic mass is 10.2. The molecule has 0 atom stereocenters. The standard InChI is InChI=1S/C9H7FO/c1-3-7-4-5-8(10)9(6-7)11-2/h1,4-6H,2H3. The van der Waals surface area contributed by atoms with Gasteiger partial charge in [-0.1, -0.05) is 5.92 Å². The lowest BCUT2D eigenvalue weighted by molar-refractivity contribution is 0.386. The molecule has 0 spiro atoms. The summed E-state index contributed by atoms with van der Waals surface area (Å²) in [5.41, 5.74) is 0.614. The van der Waals surface area contributed by atoms with Crippen molar-refractivity contribution < 1.29 is 9.13 Å². The van der Waals surface area contributed by atoms with Gasteiger partial charge in [0.05, 0.1) is 7.11 Å². The number of halogens is 1. The van der Waals surface area contributed by atoms with Gasteiger partial charge < -0.3 is 4.74 Å². The Kier molecular flexibility index (Phi) is 2.12. The van der Waals surface area contributed by atoms with Gasteiger partial charge in [0.2, 0.25) is 0 Å². The molecule has 0 unspecified atom stereocenters. The van der Waals surface area contributed by atoms with Crippen LogP contribution in [0.4, 0.5) is 4.39 Å². The Hall–Kier alpha value is -1.49. The van der Waals surface area contributed by atoms with Crippen molar-refractivity contribution in [2.45, 2.75) is 0 Å². The molecule has 0 saturated heterocycles. The fourth-order valence-electron chi connectivity index (χ4n) is 0.750. The van der Waals surface area contributed by atoms with Crippen molar-refractivity contribution >= 4 is 0 Å². The van der Waals surface area contributed by atoms with E-state index in [1.54, 1.807) is 0 Å². The second kappa shape index (κ2) is 3.07. The number of rotatable bonds is 1. The third-order valence-corrected chi connectivity index (χ3v) is 1.32. The van der Waals surface area contributed by atoms with Gasteiger partial charge in [-0.3, -0.25) is 0 Å². The highest BCUT2D eigenvalue weighted by Crippen LogP contribution is 2.17. The van der Waals surface area contributed by atoms with Crippen LogP contribution in [0.2, 0.25) is 0 Å². The molecular formula is C9H7FO. The molecule has 1 nitrogen and oxygen atoms in total. The Morgan fingerprint density at radius 1 is 1.55 bits per heavy atom. The van der Waals surface area contributed by atoms with Crippen LogP contribution < -0.4 is 4.74 Å². The average Bonchev–Trinajstić information content (AvgIpc) is 2.05. The van der Waals surface area contributed by atoms with Gasteiger partial charge in [-0.2, -0.15) is 0 Å². The van der Waals surface area contributed by atoms with Crippen LogP contribution in [0.1, 0.15) is 5.56 Å². The summed E-state index contributed by atoms with van der Waals surface area (Å²) in [7, 11) is 1.40. The van der Waals surface area contributed by atoms with Gasteiger partial charge in [-0.05, 0) is 18.2 Å². The van der Waals surface area contributed by atoms with Crippen LogP contribution in [0.3, 0.4) is 0 Å². The predicted octanol–water partition coefficient (Wildman–Crippen LogP) is 1.82. The monoisotopic (exact) mass is 150 g/mol. The highest BCUT2D eigenvalue weighted by atomic mass is 19.1. The third-order valence-electron chi connectivity index (χ3n) is 1.32. The largest absolute Gasteiger partial charge is 0.494 e. The molecule has 11 heavy (non-hydrogen) atoms. The Balaban J connectivity index is 3.15. The number of ether oxygens (including phenoxy) is 1. The summed E-state index contributed by atoms with van der Waals surface area (Å²) >= 11 is 0. The minimum absolute atomic E-state index is 0.181. The van der Waals surface area contributed by atoms with Crippen LogP contribution >= 0.6 is 0 Å². The third kappa shape index (κ3) is 1.50. The van der Waals surface area contributed by atoms with Crippen molar-refractivity contribution in [2.24, 2.45) is 0 Å². The first-order chi connectivity index (χ1) is 5.27. The zero-order chi connectivity index (χ0) is 8.27. The van der Waals surface area contributed by atoms with Gasteiger partial charge in [0.15, 0.2) is 11.6 Å². The molecule has 0 amide bonds. The van der Waals surface area contributed by atoms with E-state index in [0.717, 1.165) is 0 Å². The Morgan fingerprint density at radius 2 is 2.27 bits per heavy atom. The molecule has 0 N–H and O–H groups in total. The first kappa shape index (κ1) is 7.62. The van der Waals surface area contributed by atoms with E-state index in [2.05, 4.69) is 5.92 Å². The fraction of sp³-hybridized carbons (Fsp3) is 0.111. The molecular weight excluding hydrogens is 143 g/mol. The fourth-order valence-corrected chi connectivity index (χ4v) is 0.750. The highest BCUT2D eigenvalue weighted by molar-refractivity contribution is 5.39. The highest BCUT2D eigenvalue weighted by Gasteiger charge is 2.00. The van der Waals surface area contributed by atoms with E-state index in [0.29, 0.717) is 5.56 Å². The van der Waals surface area contributed by atoms with Crippen LogP contribution in [-0.4, -0.2) is 7.11 Å². The lowest BCUT2D eigenvalue weighted by Crippen LogP contribution is -1.88. The smallest absolute Gasteiger partial charge is 0.165 e. The number of hydrogen-bond donors (Lipinski definition) is 0. The van der Waals surface area contributed by atoms with Crippen LogP contribution in [0.5, 0.6) is 5.75 Å². The van der Waals surface area contributed by atoms with Crippen molar-refractivity contribution in [3.63, 3.8) is 0 Å². The van der Waals surface area contributed by atoms with E-state index in [1.165, 1.54) is 25.3 Å². The van der Waals surface area contributed by atoms with Gasteiger partial charge in [-0.15, -0.1) is 6.42 Å². The summed E-state index contributed by atoms with van der Waals surface area (Å²) in [4.78, 5) is 0. The predicted molar refractivity (Wildman–Crippen MR) is 40.9 cm³/mol. The SMILES string of the molecule is C#Cc1ccc(F)c(OC)c1. The maximum Gasteiger partial charge on any atom is 0.165 e. The number of methoxy groups -OCH3 is 1. The van der Waals surface area contributed by atoms with E-state index in [-0.39, 0.29) is 5.75 Å². The van der Waals surface area contributed by atoms with E-state index in [9.17, 15) is 4.39 Å². The van der Waals surface area contributed by atoms with Gasteiger partial charge >= 0.3 is 0 Å². The zero-order valence-electron chi connectivity index (χ0n) is 6.10. The molecule has 0 heterocycles. The van der Waals surface area contributed by atoms with Crippen LogP contribution in [0.25, 0.3) is 0 Å². The van der Waals surface area contributed by atoms with E-state index >= 15 is 0 Å². The molecule has 0 aliphatic rings. The maximum absolute atomic E-state index is 12.7. The molecule has 1 aromatic rings. The van der Waals surface area contributed by atoms with Crippen LogP contribution in [0.15, 0.2) is 18.2 Å². The zero-order valence-corrected chi connectivity index (χ0v) is 6.10. The molecule has 56 valence electrons. The molecule has 2 heteroatoms. The van der Waals surface area contributed by atoms with Gasteiger partial charge in [-0.25, -0.2) is 4.39 Å². The summed E-state index contributed by atoms with van der Waals surface area (Å²) in [5, 5.41) is 0. The summed E-state index contributed by atoms with van der Waals surface area (Å²) in [6, 6.07) is 4.29. The first-order valence-electron chi connectivity index (χ1n) is 3.08. The van der Waals surface area contributed by atoms with Crippen molar-refractivity contribution in [3.8, 4) is 18.1 Å². The number of benzene rings is 1. The molecule has 1 aromatic carbocycles. The van der Waals surface area contributed by atoms with Gasteiger partial charge in [0, 0.05) is 5.56 Å². The minimum atomic E-state index is -0.397. The van der Waals surface area contributed by atoms with Gasteiger partial charge in [0.25, 0.3) is 0 Å². The quantitative estimate of drug-likeness (QED) is 0.555. The van der Waals surface area contributed by atoms with Crippen LogP contribution in [-0.2, 0) is 0 Å². The minimum Gasteiger partial charge on any atom is -0.494 e. The van der Waals surface area contributed by atoms with Crippen molar-refractivity contribution in [3.05, 3.63) is 29.6 Å². The number of hydrogen-bond acceptors (Lipinski definition) is 1. The van der Waals surface area contributed by atoms with Crippen molar-refractivity contribution in [1.29, 1.82) is 0 Å². The molecule has 1 rings (SSSR count). The van der Waals surface area contributed by atoms with E-state index < -0.39 is 5.82 Å². The van der Waals surface area contributed by atoms with Gasteiger partial charge in [0.1, 0.15) is 0 Å². The molecule has 0 saturated carbocycles. The molecule has 0 fully saturated rings. The Bertz CT molecular complexity index is 299. The normalized spacial score (nSPS) is 8.82. The topological polar surface area (TPSA) is 9.23 Å². The summed E-state index contributed by atoms with van der Waals surface area (Å²) < 4.78 is 17.4. The number of terminal acetylenes is 1. The summed E-state index contributed by atoms with van der Waals surface area (Å²) in [5.74, 6) is 2.17. The van der Waals surface area contributed by atoms with E-state index in [4.69, 9.17) is 11.2 Å². The Labute approximate surface area is 64.8 Å². The molecule has 0 aliphatic heterocycles. The van der Waals surface area contributed by atoms with E-state index in [1.807, 2.05) is 0 Å². The Morgan fingerprint density at radius 3 is 2.82 bits per heavy atom. The molecule has 0 aromatic heterocycles. The van der Waals surface area contributed by atoms with Crippen LogP contribution in [0, 0.1) is 18.2 Å². The molecule has 0 aliphatic carbocycles. The van der Waals surface area contributed by atoms with Crippen molar-refractivity contribution in [2.75, 3.05) is 7.11 Å².